The van der Waals surface area contributed by atoms with Crippen LogP contribution in [0.2, 0.25) is 0 Å². The minimum absolute atomic E-state index is 0.171. The van der Waals surface area contributed by atoms with Crippen molar-refractivity contribution in [3.63, 3.8) is 0 Å². The zero-order valence-electron chi connectivity index (χ0n) is 12.6. The van der Waals surface area contributed by atoms with Crippen molar-refractivity contribution in [2.75, 3.05) is 20.3 Å². The van der Waals surface area contributed by atoms with Crippen LogP contribution in [-0.4, -0.2) is 36.4 Å². The molecule has 1 aromatic heterocycles. The molecule has 1 heterocycles. The van der Waals surface area contributed by atoms with E-state index in [-0.39, 0.29) is 11.7 Å². The number of halogens is 1. The quantitative estimate of drug-likeness (QED) is 0.712. The van der Waals surface area contributed by atoms with E-state index in [0.29, 0.717) is 24.4 Å². The number of H-pyrrole nitrogens is 1. The highest BCUT2D eigenvalue weighted by molar-refractivity contribution is 6.01. The molecule has 6 heteroatoms. The Balaban J connectivity index is 1.93. The zero-order chi connectivity index (χ0) is 16.2. The van der Waals surface area contributed by atoms with Gasteiger partial charge in [0.2, 0.25) is 0 Å². The van der Waals surface area contributed by atoms with E-state index in [1.54, 1.807) is 37.4 Å². The first-order chi connectivity index (χ1) is 11.2. The molecule has 0 radical (unpaired) electrons. The maximum Gasteiger partial charge on any atom is 0.251 e. The first kappa shape index (κ1) is 15.2. The van der Waals surface area contributed by atoms with Crippen LogP contribution >= 0.6 is 0 Å². The zero-order valence-corrected chi connectivity index (χ0v) is 12.6. The number of amides is 1. The molecule has 0 fully saturated rings. The van der Waals surface area contributed by atoms with E-state index in [0.717, 1.165) is 16.5 Å². The number of benzene rings is 2. The van der Waals surface area contributed by atoms with Crippen molar-refractivity contribution in [1.29, 1.82) is 0 Å². The van der Waals surface area contributed by atoms with Crippen molar-refractivity contribution >= 4 is 16.8 Å². The number of carbonyl (C=O) groups is 1. The lowest BCUT2D eigenvalue weighted by molar-refractivity contribution is 0.0937. The molecule has 2 aromatic carbocycles. The van der Waals surface area contributed by atoms with Crippen molar-refractivity contribution in [3.8, 4) is 11.3 Å². The summed E-state index contributed by atoms with van der Waals surface area (Å²) in [6, 6.07) is 11.4. The van der Waals surface area contributed by atoms with Crippen molar-refractivity contribution in [2.24, 2.45) is 0 Å². The molecule has 1 amide bonds. The molecule has 0 saturated heterocycles. The maximum atomic E-state index is 13.1. The molecule has 3 rings (SSSR count). The third kappa shape index (κ3) is 3.22. The van der Waals surface area contributed by atoms with Crippen molar-refractivity contribution in [3.05, 3.63) is 53.8 Å². The number of nitrogens with zero attached hydrogens (tertiary/aromatic N) is 1. The summed E-state index contributed by atoms with van der Waals surface area (Å²) in [6.45, 7) is 0.907. The standard InChI is InChI=1S/C17H16FN3O2/c1-23-9-8-19-17(22)12-4-7-15-14(10-12)16(21-20-15)11-2-5-13(18)6-3-11/h2-7,10H,8-9H2,1H3,(H,19,22)(H,20,21). The number of rotatable bonds is 5. The molecule has 23 heavy (non-hydrogen) atoms. The number of carbonyl (C=O) groups excluding carboxylic acids is 1. The smallest absolute Gasteiger partial charge is 0.251 e. The first-order valence-corrected chi connectivity index (χ1v) is 7.20. The van der Waals surface area contributed by atoms with Gasteiger partial charge in [-0.2, -0.15) is 5.10 Å². The lowest BCUT2D eigenvalue weighted by Gasteiger charge is -2.05. The number of ether oxygens (including phenoxy) is 1. The molecule has 0 aliphatic heterocycles. The number of methoxy groups -OCH3 is 1. The van der Waals surface area contributed by atoms with E-state index >= 15 is 0 Å². The van der Waals surface area contributed by atoms with Gasteiger partial charge in [-0.05, 0) is 42.5 Å². The molecule has 0 unspecified atom stereocenters. The summed E-state index contributed by atoms with van der Waals surface area (Å²) in [5.74, 6) is -0.470. The number of aromatic nitrogens is 2. The molecule has 5 nitrogen and oxygen atoms in total. The topological polar surface area (TPSA) is 67.0 Å². The second-order valence-corrected chi connectivity index (χ2v) is 5.09. The summed E-state index contributed by atoms with van der Waals surface area (Å²) in [5, 5.41) is 10.8. The summed E-state index contributed by atoms with van der Waals surface area (Å²) < 4.78 is 18.0. The third-order valence-electron chi connectivity index (χ3n) is 3.53. The van der Waals surface area contributed by atoms with E-state index in [2.05, 4.69) is 15.5 Å². The largest absolute Gasteiger partial charge is 0.383 e. The summed E-state index contributed by atoms with van der Waals surface area (Å²) in [6.07, 6.45) is 0. The van der Waals surface area contributed by atoms with E-state index < -0.39 is 0 Å². The molecular formula is C17H16FN3O2. The van der Waals surface area contributed by atoms with E-state index in [1.165, 1.54) is 12.1 Å². The number of nitrogens with one attached hydrogen (secondary N) is 2. The molecule has 118 valence electrons. The van der Waals surface area contributed by atoms with Crippen LogP contribution in [0, 0.1) is 5.82 Å². The van der Waals surface area contributed by atoms with E-state index in [4.69, 9.17) is 4.74 Å². The Morgan fingerprint density at radius 3 is 2.78 bits per heavy atom. The molecule has 0 saturated carbocycles. The van der Waals surface area contributed by atoms with Gasteiger partial charge in [-0.15, -0.1) is 0 Å². The van der Waals surface area contributed by atoms with Crippen LogP contribution < -0.4 is 5.32 Å². The highest BCUT2D eigenvalue weighted by Crippen LogP contribution is 2.27. The summed E-state index contributed by atoms with van der Waals surface area (Å²) in [5.41, 5.74) is 2.83. The number of hydrogen-bond acceptors (Lipinski definition) is 3. The highest BCUT2D eigenvalue weighted by atomic mass is 19.1. The number of hydrogen-bond donors (Lipinski definition) is 2. The molecule has 0 aliphatic rings. The van der Waals surface area contributed by atoms with Gasteiger partial charge in [-0.3, -0.25) is 9.89 Å². The minimum atomic E-state index is -0.299. The number of fused-ring (bicyclic) bond motifs is 1. The fourth-order valence-electron chi connectivity index (χ4n) is 2.35. The fraction of sp³-hybridized carbons (Fsp3) is 0.176. The second kappa shape index (κ2) is 6.58. The molecule has 0 aliphatic carbocycles. The predicted octanol–water partition coefficient (Wildman–Crippen LogP) is 2.75. The van der Waals surface area contributed by atoms with E-state index in [1.807, 2.05) is 0 Å². The van der Waals surface area contributed by atoms with Crippen molar-refractivity contribution in [1.82, 2.24) is 15.5 Å². The molecule has 0 bridgehead atoms. The van der Waals surface area contributed by atoms with E-state index in [9.17, 15) is 9.18 Å². The van der Waals surface area contributed by atoms with Crippen LogP contribution in [0.5, 0.6) is 0 Å². The first-order valence-electron chi connectivity index (χ1n) is 7.20. The Bertz CT molecular complexity index is 827. The minimum Gasteiger partial charge on any atom is -0.383 e. The Hall–Kier alpha value is -2.73. The Morgan fingerprint density at radius 1 is 1.26 bits per heavy atom. The average Bonchev–Trinajstić information content (AvgIpc) is 2.99. The van der Waals surface area contributed by atoms with Gasteiger partial charge in [0.15, 0.2) is 0 Å². The van der Waals surface area contributed by atoms with Crippen LogP contribution in [0.1, 0.15) is 10.4 Å². The van der Waals surface area contributed by atoms with Gasteiger partial charge in [0.1, 0.15) is 5.82 Å². The van der Waals surface area contributed by atoms with Gasteiger partial charge in [0, 0.05) is 30.2 Å². The van der Waals surface area contributed by atoms with Crippen molar-refractivity contribution < 1.29 is 13.9 Å². The Labute approximate surface area is 132 Å². The molecule has 0 spiro atoms. The summed E-state index contributed by atoms with van der Waals surface area (Å²) in [4.78, 5) is 12.1. The van der Waals surface area contributed by atoms with Crippen LogP contribution in [0.25, 0.3) is 22.2 Å². The molecule has 0 atom stereocenters. The van der Waals surface area contributed by atoms with Crippen LogP contribution in [0.4, 0.5) is 4.39 Å². The molecular weight excluding hydrogens is 297 g/mol. The second-order valence-electron chi connectivity index (χ2n) is 5.09. The molecule has 2 N–H and O–H groups in total. The third-order valence-corrected chi connectivity index (χ3v) is 3.53. The molecule has 3 aromatic rings. The van der Waals surface area contributed by atoms with Gasteiger partial charge in [0.05, 0.1) is 17.8 Å². The lowest BCUT2D eigenvalue weighted by atomic mass is 10.1. The van der Waals surface area contributed by atoms with Gasteiger partial charge in [0.25, 0.3) is 5.91 Å². The van der Waals surface area contributed by atoms with Gasteiger partial charge >= 0.3 is 0 Å². The maximum absolute atomic E-state index is 13.1. The highest BCUT2D eigenvalue weighted by Gasteiger charge is 2.12. The van der Waals surface area contributed by atoms with Crippen LogP contribution in [-0.2, 0) is 4.74 Å². The SMILES string of the molecule is COCCNC(=O)c1ccc2[nH]nc(-c3ccc(F)cc3)c2c1. The van der Waals surface area contributed by atoms with Crippen molar-refractivity contribution in [2.45, 2.75) is 0 Å². The predicted molar refractivity (Wildman–Crippen MR) is 85.7 cm³/mol. The lowest BCUT2D eigenvalue weighted by Crippen LogP contribution is -2.26. The fourth-order valence-corrected chi connectivity index (χ4v) is 2.35. The van der Waals surface area contributed by atoms with Gasteiger partial charge in [-0.1, -0.05) is 0 Å². The summed E-state index contributed by atoms with van der Waals surface area (Å²) >= 11 is 0. The Morgan fingerprint density at radius 2 is 2.04 bits per heavy atom. The van der Waals surface area contributed by atoms with Crippen LogP contribution in [0.15, 0.2) is 42.5 Å². The summed E-state index contributed by atoms with van der Waals surface area (Å²) in [7, 11) is 1.58. The average molecular weight is 313 g/mol. The normalized spacial score (nSPS) is 10.9. The van der Waals surface area contributed by atoms with Gasteiger partial charge < -0.3 is 10.1 Å². The van der Waals surface area contributed by atoms with Gasteiger partial charge in [-0.25, -0.2) is 4.39 Å². The van der Waals surface area contributed by atoms with Crippen LogP contribution in [0.3, 0.4) is 0 Å². The number of aromatic amines is 1. The monoisotopic (exact) mass is 313 g/mol. The Kier molecular flexibility index (Phi) is 4.34.